The second-order valence-corrected chi connectivity index (χ2v) is 16.8. The molecule has 0 aromatic carbocycles. The minimum Gasteiger partial charge on any atom is -0.342 e. The second kappa shape index (κ2) is 8.97. The van der Waals surface area contributed by atoms with E-state index in [1.165, 1.54) is 37.1 Å². The monoisotopic (exact) mass is 472 g/mol. The second-order valence-electron chi connectivity index (χ2n) is 16.8. The molecular formula is C32H60N2. The normalized spacial score (nSPS) is 22.0. The van der Waals surface area contributed by atoms with Crippen molar-refractivity contribution in [2.45, 2.75) is 170 Å². The first kappa shape index (κ1) is 29.5. The van der Waals surface area contributed by atoms with E-state index >= 15 is 0 Å². The van der Waals surface area contributed by atoms with Crippen molar-refractivity contribution < 1.29 is 0 Å². The van der Waals surface area contributed by atoms with Crippen LogP contribution in [0, 0.1) is 10.8 Å². The summed E-state index contributed by atoms with van der Waals surface area (Å²) in [5.74, 6) is 0. The van der Waals surface area contributed by atoms with Gasteiger partial charge >= 0.3 is 0 Å². The van der Waals surface area contributed by atoms with E-state index in [1.54, 1.807) is 0 Å². The van der Waals surface area contributed by atoms with Gasteiger partial charge in [-0.3, -0.25) is 4.90 Å². The molecule has 2 nitrogen and oxygen atoms in total. The molecule has 198 valence electrons. The van der Waals surface area contributed by atoms with E-state index in [4.69, 9.17) is 0 Å². The number of hydrogen-bond donors (Lipinski definition) is 0. The summed E-state index contributed by atoms with van der Waals surface area (Å²) in [6.07, 6.45) is 5.09. The fourth-order valence-electron chi connectivity index (χ4n) is 6.57. The van der Waals surface area contributed by atoms with Gasteiger partial charge in [0.15, 0.2) is 0 Å². The van der Waals surface area contributed by atoms with Crippen molar-refractivity contribution in [1.29, 1.82) is 0 Å². The smallest absolute Gasteiger partial charge is 0.0361 e. The van der Waals surface area contributed by atoms with Crippen LogP contribution in [0.4, 0.5) is 0 Å². The van der Waals surface area contributed by atoms with Gasteiger partial charge < -0.3 is 4.57 Å². The zero-order chi connectivity index (χ0) is 26.7. The van der Waals surface area contributed by atoms with Crippen molar-refractivity contribution in [3.63, 3.8) is 0 Å². The maximum atomic E-state index is 2.90. The Morgan fingerprint density at radius 3 is 1.50 bits per heavy atom. The van der Waals surface area contributed by atoms with Gasteiger partial charge in [0.05, 0.1) is 0 Å². The molecule has 0 aliphatic carbocycles. The molecule has 1 aromatic rings. The SMILES string of the molecule is CC(C)(C)c1ccc(C(C)(C)CCC(C)(C)C2CCC(C(C)(C)C)N2C(C)(C)C)n1C(C)(C)C. The molecular weight excluding hydrogens is 412 g/mol. The molecule has 0 spiro atoms. The lowest BCUT2D eigenvalue weighted by Gasteiger charge is -2.50. The third-order valence-electron chi connectivity index (χ3n) is 8.47. The summed E-state index contributed by atoms with van der Waals surface area (Å²) in [7, 11) is 0. The van der Waals surface area contributed by atoms with Crippen molar-refractivity contribution in [3.8, 4) is 0 Å². The Morgan fingerprint density at radius 1 is 0.618 bits per heavy atom. The summed E-state index contributed by atoms with van der Waals surface area (Å²) in [6, 6.07) is 6.09. The molecule has 0 amide bonds. The van der Waals surface area contributed by atoms with Crippen molar-refractivity contribution in [3.05, 3.63) is 23.5 Å². The summed E-state index contributed by atoms with van der Waals surface area (Å²) in [5.41, 5.74) is 4.06. The van der Waals surface area contributed by atoms with E-state index in [0.717, 1.165) is 0 Å². The first-order valence-electron chi connectivity index (χ1n) is 13.9. The number of likely N-dealkylation sites (tertiary alicyclic amines) is 1. The molecule has 2 rings (SSSR count). The molecule has 0 radical (unpaired) electrons. The third kappa shape index (κ3) is 6.13. The third-order valence-corrected chi connectivity index (χ3v) is 8.47. The molecule has 1 aliphatic rings. The van der Waals surface area contributed by atoms with Crippen LogP contribution in [0.1, 0.15) is 148 Å². The van der Waals surface area contributed by atoms with E-state index in [9.17, 15) is 0 Å². The molecule has 2 unspecified atom stereocenters. The number of hydrogen-bond acceptors (Lipinski definition) is 1. The molecule has 1 fully saturated rings. The molecule has 1 aromatic heterocycles. The van der Waals surface area contributed by atoms with E-state index < -0.39 is 0 Å². The molecule has 1 aliphatic heterocycles. The summed E-state index contributed by atoms with van der Waals surface area (Å²) >= 11 is 0. The maximum absolute atomic E-state index is 2.90. The molecule has 34 heavy (non-hydrogen) atoms. The predicted octanol–water partition coefficient (Wildman–Crippen LogP) is 9.30. The lowest BCUT2D eigenvalue weighted by Crippen LogP contribution is -2.56. The van der Waals surface area contributed by atoms with Gasteiger partial charge in [0.2, 0.25) is 0 Å². The highest BCUT2D eigenvalue weighted by molar-refractivity contribution is 5.29. The topological polar surface area (TPSA) is 8.17 Å². The maximum Gasteiger partial charge on any atom is 0.0361 e. The van der Waals surface area contributed by atoms with Crippen LogP contribution in [0.5, 0.6) is 0 Å². The Kier molecular flexibility index (Phi) is 7.77. The molecule has 1 saturated heterocycles. The summed E-state index contributed by atoms with van der Waals surface area (Å²) < 4.78 is 2.65. The van der Waals surface area contributed by atoms with Crippen molar-refractivity contribution in [1.82, 2.24) is 9.47 Å². The first-order chi connectivity index (χ1) is 14.9. The van der Waals surface area contributed by atoms with Crippen LogP contribution in [0.3, 0.4) is 0 Å². The van der Waals surface area contributed by atoms with Gasteiger partial charge in [-0.05, 0) is 90.2 Å². The molecule has 0 saturated carbocycles. The quantitative estimate of drug-likeness (QED) is 0.414. The minimum atomic E-state index is 0.0721. The summed E-state index contributed by atoms with van der Waals surface area (Å²) in [5, 5.41) is 0. The largest absolute Gasteiger partial charge is 0.342 e. The first-order valence-corrected chi connectivity index (χ1v) is 13.9. The van der Waals surface area contributed by atoms with Crippen LogP contribution >= 0.6 is 0 Å². The minimum absolute atomic E-state index is 0.0721. The fraction of sp³-hybridized carbons (Fsp3) is 0.875. The highest BCUT2D eigenvalue weighted by atomic mass is 15.3. The fourth-order valence-corrected chi connectivity index (χ4v) is 6.57. The van der Waals surface area contributed by atoms with Crippen LogP contribution in [-0.2, 0) is 16.4 Å². The number of aromatic nitrogens is 1. The van der Waals surface area contributed by atoms with Gasteiger partial charge in [0.25, 0.3) is 0 Å². The molecule has 2 heterocycles. The van der Waals surface area contributed by atoms with E-state index in [0.29, 0.717) is 17.5 Å². The van der Waals surface area contributed by atoms with E-state index in [-0.39, 0.29) is 27.3 Å². The molecule has 0 bridgehead atoms. The van der Waals surface area contributed by atoms with Gasteiger partial charge in [-0.1, -0.05) is 69.2 Å². The number of nitrogens with zero attached hydrogens (tertiary/aromatic N) is 2. The Balaban J connectivity index is 2.36. The average molecular weight is 473 g/mol. The van der Waals surface area contributed by atoms with Gasteiger partial charge in [-0.2, -0.15) is 0 Å². The molecule has 0 N–H and O–H groups in total. The average Bonchev–Trinajstić information content (AvgIpc) is 3.24. The highest BCUT2D eigenvalue weighted by Crippen LogP contribution is 2.49. The van der Waals surface area contributed by atoms with Crippen LogP contribution in [0.25, 0.3) is 0 Å². The van der Waals surface area contributed by atoms with Gasteiger partial charge in [-0.15, -0.1) is 0 Å². The van der Waals surface area contributed by atoms with Gasteiger partial charge in [-0.25, -0.2) is 0 Å². The van der Waals surface area contributed by atoms with E-state index in [1.807, 2.05) is 0 Å². The summed E-state index contributed by atoms with van der Waals surface area (Å²) in [6.45, 7) is 38.7. The Bertz CT molecular complexity index is 824. The van der Waals surface area contributed by atoms with Crippen molar-refractivity contribution in [2.24, 2.45) is 10.8 Å². The van der Waals surface area contributed by atoms with Crippen molar-refractivity contribution in [2.75, 3.05) is 0 Å². The standard InChI is InChI=1S/C32H60N2/c1-27(2,3)23-17-19-25(33(23)29(7,8)9)31(13,14)21-22-32(15,16)26-20-18-24(28(4,5)6)34(26)30(10,11)12/h17,19,24,26H,18,20-22H2,1-16H3. The Labute approximate surface area is 214 Å². The lowest BCUT2D eigenvalue weighted by molar-refractivity contribution is -0.0194. The van der Waals surface area contributed by atoms with Crippen LogP contribution in [-0.4, -0.2) is 27.1 Å². The van der Waals surface area contributed by atoms with E-state index in [2.05, 4.69) is 132 Å². The lowest BCUT2D eigenvalue weighted by atomic mass is 9.72. The number of rotatable bonds is 5. The van der Waals surface area contributed by atoms with Gasteiger partial charge in [0.1, 0.15) is 0 Å². The van der Waals surface area contributed by atoms with Crippen LogP contribution in [0.15, 0.2) is 12.1 Å². The Morgan fingerprint density at radius 2 is 1.09 bits per heavy atom. The van der Waals surface area contributed by atoms with Crippen LogP contribution in [0.2, 0.25) is 0 Å². The van der Waals surface area contributed by atoms with Crippen molar-refractivity contribution >= 4 is 0 Å². The highest BCUT2D eigenvalue weighted by Gasteiger charge is 2.50. The predicted molar refractivity (Wildman–Crippen MR) is 152 cm³/mol. The molecule has 2 heteroatoms. The van der Waals surface area contributed by atoms with Crippen LogP contribution < -0.4 is 0 Å². The zero-order valence-electron chi connectivity index (χ0n) is 26.0. The summed E-state index contributed by atoms with van der Waals surface area (Å²) in [4.78, 5) is 2.90. The molecule has 2 atom stereocenters. The Hall–Kier alpha value is -0.760. The van der Waals surface area contributed by atoms with Gasteiger partial charge in [0, 0.05) is 45.4 Å². The zero-order valence-corrected chi connectivity index (χ0v) is 26.0.